The summed E-state index contributed by atoms with van der Waals surface area (Å²) in [6.07, 6.45) is 0. The number of rotatable bonds is 10. The van der Waals surface area contributed by atoms with Crippen LogP contribution in [0.4, 0.5) is 11.4 Å². The van der Waals surface area contributed by atoms with Gasteiger partial charge >= 0.3 is 0 Å². The Labute approximate surface area is 160 Å². The fourth-order valence-electron chi connectivity index (χ4n) is 2.51. The number of nitrogens with two attached hydrogens (primary N) is 2. The zero-order valence-electron chi connectivity index (χ0n) is 16.3. The number of hydrogen-bond donors (Lipinski definition) is 2. The number of nitrogen functional groups attached to an aromatic ring is 2. The topological polar surface area (TPSA) is 98.2 Å². The summed E-state index contributed by atoms with van der Waals surface area (Å²) in [5, 5.41) is 0. The SMILES string of the molecule is CCOc1cc(Oc2cc(OCC)c(N)c(OCC)c2)cc(OCC)c1N. The largest absolute Gasteiger partial charge is 0.491 e. The van der Waals surface area contributed by atoms with Crippen LogP contribution in [0.25, 0.3) is 0 Å². The van der Waals surface area contributed by atoms with E-state index >= 15 is 0 Å². The summed E-state index contributed by atoms with van der Waals surface area (Å²) in [5.41, 5.74) is 13.1. The molecule has 7 nitrogen and oxygen atoms in total. The van der Waals surface area contributed by atoms with Crippen molar-refractivity contribution < 1.29 is 23.7 Å². The molecule has 2 rings (SSSR count). The second-order valence-corrected chi connectivity index (χ2v) is 5.50. The first-order valence-electron chi connectivity index (χ1n) is 9.09. The third-order valence-electron chi connectivity index (χ3n) is 3.59. The fraction of sp³-hybridized carbons (Fsp3) is 0.400. The molecule has 4 N–H and O–H groups in total. The second-order valence-electron chi connectivity index (χ2n) is 5.50. The maximum atomic E-state index is 6.10. The molecule has 0 saturated heterocycles. The van der Waals surface area contributed by atoms with Gasteiger partial charge in [-0.2, -0.15) is 0 Å². The Balaban J connectivity index is 2.42. The smallest absolute Gasteiger partial charge is 0.149 e. The average Bonchev–Trinajstić information content (AvgIpc) is 2.63. The summed E-state index contributed by atoms with van der Waals surface area (Å²) in [5.74, 6) is 3.05. The van der Waals surface area contributed by atoms with E-state index in [0.717, 1.165) is 0 Å². The molecule has 0 saturated carbocycles. The van der Waals surface area contributed by atoms with Crippen molar-refractivity contribution in [3.8, 4) is 34.5 Å². The lowest BCUT2D eigenvalue weighted by atomic mass is 10.2. The molecule has 2 aromatic rings. The molecule has 2 aromatic carbocycles. The summed E-state index contributed by atoms with van der Waals surface area (Å²) >= 11 is 0. The first-order chi connectivity index (χ1) is 13.0. The maximum absolute atomic E-state index is 6.10. The molecular weight excluding hydrogens is 348 g/mol. The minimum atomic E-state index is 0.438. The highest BCUT2D eigenvalue weighted by Crippen LogP contribution is 2.41. The summed E-state index contributed by atoms with van der Waals surface area (Å²) in [4.78, 5) is 0. The fourth-order valence-corrected chi connectivity index (χ4v) is 2.51. The molecule has 0 amide bonds. The molecule has 0 unspecified atom stereocenters. The summed E-state index contributed by atoms with van der Waals surface area (Å²) in [6.45, 7) is 9.44. The van der Waals surface area contributed by atoms with Gasteiger partial charge in [-0.15, -0.1) is 0 Å². The predicted octanol–water partition coefficient (Wildman–Crippen LogP) is 4.24. The van der Waals surface area contributed by atoms with E-state index in [-0.39, 0.29) is 0 Å². The van der Waals surface area contributed by atoms with E-state index in [1.807, 2.05) is 27.7 Å². The Kier molecular flexibility index (Phi) is 7.28. The van der Waals surface area contributed by atoms with Crippen molar-refractivity contribution in [3.63, 3.8) is 0 Å². The minimum absolute atomic E-state index is 0.438. The highest BCUT2D eigenvalue weighted by atomic mass is 16.5. The van der Waals surface area contributed by atoms with Crippen LogP contribution in [0.5, 0.6) is 34.5 Å². The molecule has 0 aliphatic rings. The zero-order chi connectivity index (χ0) is 19.8. The first kappa shape index (κ1) is 20.4. The number of hydrogen-bond acceptors (Lipinski definition) is 7. The highest BCUT2D eigenvalue weighted by molar-refractivity contribution is 5.68. The lowest BCUT2D eigenvalue weighted by molar-refractivity contribution is 0.320. The van der Waals surface area contributed by atoms with Gasteiger partial charge in [-0.05, 0) is 27.7 Å². The van der Waals surface area contributed by atoms with Crippen molar-refractivity contribution >= 4 is 11.4 Å². The minimum Gasteiger partial charge on any atom is -0.491 e. The third kappa shape index (κ3) is 5.03. The van der Waals surface area contributed by atoms with E-state index < -0.39 is 0 Å². The van der Waals surface area contributed by atoms with Crippen LogP contribution in [-0.2, 0) is 0 Å². The van der Waals surface area contributed by atoms with E-state index in [9.17, 15) is 0 Å². The monoisotopic (exact) mass is 376 g/mol. The first-order valence-corrected chi connectivity index (χ1v) is 9.09. The van der Waals surface area contributed by atoms with Gasteiger partial charge in [-0.3, -0.25) is 0 Å². The van der Waals surface area contributed by atoms with E-state index in [1.165, 1.54) is 0 Å². The molecular formula is C20H28N2O5. The van der Waals surface area contributed by atoms with Gasteiger partial charge in [0, 0.05) is 24.3 Å². The number of benzene rings is 2. The Morgan fingerprint density at radius 3 is 1.04 bits per heavy atom. The lowest BCUT2D eigenvalue weighted by Gasteiger charge is -2.17. The number of anilines is 2. The molecule has 0 radical (unpaired) electrons. The Hall–Kier alpha value is -2.96. The highest BCUT2D eigenvalue weighted by Gasteiger charge is 2.15. The van der Waals surface area contributed by atoms with Gasteiger partial charge in [0.25, 0.3) is 0 Å². The van der Waals surface area contributed by atoms with Crippen molar-refractivity contribution in [1.82, 2.24) is 0 Å². The van der Waals surface area contributed by atoms with Crippen LogP contribution in [0.1, 0.15) is 27.7 Å². The van der Waals surface area contributed by atoms with E-state index in [2.05, 4.69) is 0 Å². The quantitative estimate of drug-likeness (QED) is 0.598. The van der Waals surface area contributed by atoms with Crippen LogP contribution in [0, 0.1) is 0 Å². The lowest BCUT2D eigenvalue weighted by Crippen LogP contribution is -2.03. The average molecular weight is 376 g/mol. The van der Waals surface area contributed by atoms with Crippen LogP contribution in [0.15, 0.2) is 24.3 Å². The molecule has 0 spiro atoms. The third-order valence-corrected chi connectivity index (χ3v) is 3.59. The van der Waals surface area contributed by atoms with Gasteiger partial charge in [0.15, 0.2) is 0 Å². The van der Waals surface area contributed by atoms with Gasteiger partial charge in [-0.1, -0.05) is 0 Å². The van der Waals surface area contributed by atoms with Crippen molar-refractivity contribution in [3.05, 3.63) is 24.3 Å². The standard InChI is InChI=1S/C20H28N2O5/c1-5-23-15-9-13(10-16(19(15)21)24-6-2)27-14-11-17(25-7-3)20(22)18(12-14)26-8-4/h9-12H,5-8,21-22H2,1-4H3. The number of ether oxygens (including phenoxy) is 5. The van der Waals surface area contributed by atoms with Gasteiger partial charge in [-0.25, -0.2) is 0 Å². The van der Waals surface area contributed by atoms with Gasteiger partial charge in [0.1, 0.15) is 45.9 Å². The summed E-state index contributed by atoms with van der Waals surface area (Å²) < 4.78 is 28.4. The predicted molar refractivity (Wildman–Crippen MR) is 106 cm³/mol. The van der Waals surface area contributed by atoms with Crippen LogP contribution in [-0.4, -0.2) is 26.4 Å². The van der Waals surface area contributed by atoms with E-state index in [0.29, 0.717) is 72.3 Å². The van der Waals surface area contributed by atoms with Crippen LogP contribution in [0.3, 0.4) is 0 Å². The molecule has 148 valence electrons. The Bertz CT molecular complexity index is 647. The molecule has 0 fully saturated rings. The van der Waals surface area contributed by atoms with Crippen molar-refractivity contribution in [2.24, 2.45) is 0 Å². The Morgan fingerprint density at radius 2 is 0.815 bits per heavy atom. The zero-order valence-corrected chi connectivity index (χ0v) is 16.3. The Morgan fingerprint density at radius 1 is 0.556 bits per heavy atom. The molecule has 27 heavy (non-hydrogen) atoms. The van der Waals surface area contributed by atoms with Crippen molar-refractivity contribution in [1.29, 1.82) is 0 Å². The molecule has 0 atom stereocenters. The molecule has 0 aliphatic heterocycles. The maximum Gasteiger partial charge on any atom is 0.149 e. The van der Waals surface area contributed by atoms with Crippen LogP contribution < -0.4 is 35.2 Å². The summed E-state index contributed by atoms with van der Waals surface area (Å²) in [7, 11) is 0. The molecule has 0 aliphatic carbocycles. The second kappa shape index (κ2) is 9.66. The molecule has 7 heteroatoms. The van der Waals surface area contributed by atoms with Crippen molar-refractivity contribution in [2.45, 2.75) is 27.7 Å². The normalized spacial score (nSPS) is 10.4. The van der Waals surface area contributed by atoms with Crippen LogP contribution >= 0.6 is 0 Å². The summed E-state index contributed by atoms with van der Waals surface area (Å²) in [6, 6.07) is 6.88. The molecule has 0 heterocycles. The van der Waals surface area contributed by atoms with Gasteiger partial charge in [0.2, 0.25) is 0 Å². The molecule has 0 aromatic heterocycles. The van der Waals surface area contributed by atoms with Crippen molar-refractivity contribution in [2.75, 3.05) is 37.9 Å². The molecule has 0 bridgehead atoms. The van der Waals surface area contributed by atoms with E-state index in [4.69, 9.17) is 35.2 Å². The van der Waals surface area contributed by atoms with E-state index in [1.54, 1.807) is 24.3 Å². The van der Waals surface area contributed by atoms with Gasteiger partial charge in [0.05, 0.1) is 26.4 Å². The van der Waals surface area contributed by atoms with Gasteiger partial charge < -0.3 is 35.2 Å². The van der Waals surface area contributed by atoms with Crippen LogP contribution in [0.2, 0.25) is 0 Å².